The molecule has 1 aliphatic rings. The quantitative estimate of drug-likeness (QED) is 0.692. The van der Waals surface area contributed by atoms with Crippen LogP contribution >= 0.6 is 11.6 Å². The molecule has 2 heterocycles. The van der Waals surface area contributed by atoms with Gasteiger partial charge >= 0.3 is 0 Å². The maximum atomic E-state index is 14.4. The number of anilines is 1. The first-order chi connectivity index (χ1) is 12.6. The highest BCUT2D eigenvalue weighted by molar-refractivity contribution is 6.31. The van der Waals surface area contributed by atoms with Crippen LogP contribution < -0.4 is 4.90 Å². The first kappa shape index (κ1) is 16.8. The molecule has 1 amide bonds. The topological polar surface area (TPSA) is 38.1 Å². The predicted molar refractivity (Wildman–Crippen MR) is 99.3 cm³/mol. The SMILES string of the molecule is Cc1c2c(nn1Cc1ccccc1)C(=O)N(c1cccc(Cl)c1F)CC2. The number of aromatic nitrogens is 2. The Hall–Kier alpha value is -2.66. The Morgan fingerprint density at radius 1 is 1.15 bits per heavy atom. The Morgan fingerprint density at radius 3 is 2.69 bits per heavy atom. The maximum absolute atomic E-state index is 14.4. The number of amides is 1. The van der Waals surface area contributed by atoms with E-state index in [1.807, 2.05) is 41.9 Å². The summed E-state index contributed by atoms with van der Waals surface area (Å²) >= 11 is 5.87. The zero-order valence-corrected chi connectivity index (χ0v) is 15.0. The average Bonchev–Trinajstić information content (AvgIpc) is 2.96. The lowest BCUT2D eigenvalue weighted by Crippen LogP contribution is -2.38. The summed E-state index contributed by atoms with van der Waals surface area (Å²) in [4.78, 5) is 14.4. The smallest absolute Gasteiger partial charge is 0.279 e. The molecular formula is C20H17ClFN3O. The van der Waals surface area contributed by atoms with Crippen LogP contribution in [0.25, 0.3) is 0 Å². The Kier molecular flexibility index (Phi) is 4.24. The number of carbonyl (C=O) groups excluding carboxylic acids is 1. The summed E-state index contributed by atoms with van der Waals surface area (Å²) in [5, 5.41) is 4.53. The molecular weight excluding hydrogens is 353 g/mol. The largest absolute Gasteiger partial charge is 0.304 e. The Labute approximate surface area is 155 Å². The molecule has 1 aliphatic heterocycles. The van der Waals surface area contributed by atoms with E-state index < -0.39 is 5.82 Å². The van der Waals surface area contributed by atoms with E-state index in [1.54, 1.807) is 12.1 Å². The molecule has 0 saturated carbocycles. The van der Waals surface area contributed by atoms with Crippen LogP contribution in [0.2, 0.25) is 5.02 Å². The number of nitrogens with zero attached hydrogens (tertiary/aromatic N) is 3. The van der Waals surface area contributed by atoms with Crippen LogP contribution in [-0.2, 0) is 13.0 Å². The lowest BCUT2D eigenvalue weighted by molar-refractivity contribution is 0.0974. The van der Waals surface area contributed by atoms with Crippen LogP contribution in [-0.4, -0.2) is 22.2 Å². The number of fused-ring (bicyclic) bond motifs is 1. The molecule has 26 heavy (non-hydrogen) atoms. The van der Waals surface area contributed by atoms with E-state index in [1.165, 1.54) is 11.0 Å². The number of hydrogen-bond donors (Lipinski definition) is 0. The Balaban J connectivity index is 1.69. The highest BCUT2D eigenvalue weighted by Gasteiger charge is 2.32. The predicted octanol–water partition coefficient (Wildman–Crippen LogP) is 4.24. The maximum Gasteiger partial charge on any atom is 0.279 e. The molecule has 0 N–H and O–H groups in total. The third-order valence-electron chi connectivity index (χ3n) is 4.76. The van der Waals surface area contributed by atoms with Crippen LogP contribution in [0.3, 0.4) is 0 Å². The second-order valence-electron chi connectivity index (χ2n) is 6.34. The molecule has 2 aromatic carbocycles. The highest BCUT2D eigenvalue weighted by atomic mass is 35.5. The summed E-state index contributed by atoms with van der Waals surface area (Å²) in [6, 6.07) is 14.6. The molecule has 0 unspecified atom stereocenters. The van der Waals surface area contributed by atoms with E-state index in [-0.39, 0.29) is 16.6 Å². The van der Waals surface area contributed by atoms with Crippen molar-refractivity contribution < 1.29 is 9.18 Å². The summed E-state index contributed by atoms with van der Waals surface area (Å²) in [5.41, 5.74) is 3.61. The van der Waals surface area contributed by atoms with Crippen LogP contribution in [0, 0.1) is 12.7 Å². The van der Waals surface area contributed by atoms with Gasteiger partial charge in [-0.2, -0.15) is 5.10 Å². The Bertz CT molecular complexity index is 984. The zero-order valence-electron chi connectivity index (χ0n) is 14.2. The van der Waals surface area contributed by atoms with Gasteiger partial charge in [-0.3, -0.25) is 9.48 Å². The van der Waals surface area contributed by atoms with Crippen molar-refractivity contribution >= 4 is 23.2 Å². The molecule has 6 heteroatoms. The van der Waals surface area contributed by atoms with Crippen LogP contribution in [0.4, 0.5) is 10.1 Å². The zero-order chi connectivity index (χ0) is 18.3. The lowest BCUT2D eigenvalue weighted by atomic mass is 10.0. The standard InChI is InChI=1S/C20H17ClFN3O/c1-13-15-10-11-24(17-9-5-8-16(21)18(17)22)20(26)19(15)23-25(13)12-14-6-3-2-4-7-14/h2-9H,10-12H2,1H3. The molecule has 0 atom stereocenters. The first-order valence-corrected chi connectivity index (χ1v) is 8.80. The van der Waals surface area contributed by atoms with E-state index >= 15 is 0 Å². The van der Waals surface area contributed by atoms with Crippen LogP contribution in [0.5, 0.6) is 0 Å². The minimum Gasteiger partial charge on any atom is -0.304 e. The molecule has 4 nitrogen and oxygen atoms in total. The van der Waals surface area contributed by atoms with Gasteiger partial charge < -0.3 is 4.90 Å². The van der Waals surface area contributed by atoms with Gasteiger partial charge in [-0.1, -0.05) is 48.0 Å². The monoisotopic (exact) mass is 369 g/mol. The van der Waals surface area contributed by atoms with Crippen LogP contribution in [0.1, 0.15) is 27.3 Å². The molecule has 0 spiro atoms. The number of rotatable bonds is 3. The van der Waals surface area contributed by atoms with Crippen molar-refractivity contribution in [2.45, 2.75) is 19.9 Å². The van der Waals surface area contributed by atoms with Crippen molar-refractivity contribution in [2.24, 2.45) is 0 Å². The molecule has 0 saturated heterocycles. The molecule has 0 aliphatic carbocycles. The van der Waals surface area contributed by atoms with Crippen molar-refractivity contribution in [3.05, 3.63) is 81.9 Å². The fraction of sp³-hybridized carbons (Fsp3) is 0.200. The second-order valence-corrected chi connectivity index (χ2v) is 6.74. The summed E-state index contributed by atoms with van der Waals surface area (Å²) in [5.74, 6) is -0.867. The summed E-state index contributed by atoms with van der Waals surface area (Å²) < 4.78 is 16.2. The first-order valence-electron chi connectivity index (χ1n) is 8.42. The van der Waals surface area contributed by atoms with E-state index in [9.17, 15) is 9.18 Å². The highest BCUT2D eigenvalue weighted by Crippen LogP contribution is 2.30. The van der Waals surface area contributed by atoms with Gasteiger partial charge in [0, 0.05) is 17.8 Å². The molecule has 0 fully saturated rings. The molecule has 1 aromatic heterocycles. The Morgan fingerprint density at radius 2 is 1.92 bits per heavy atom. The lowest BCUT2D eigenvalue weighted by Gasteiger charge is -2.26. The van der Waals surface area contributed by atoms with Crippen molar-refractivity contribution in [3.63, 3.8) is 0 Å². The summed E-state index contributed by atoms with van der Waals surface area (Å²) in [6.45, 7) is 2.97. The van der Waals surface area contributed by atoms with Crippen molar-refractivity contribution in [1.29, 1.82) is 0 Å². The number of benzene rings is 2. The number of hydrogen-bond acceptors (Lipinski definition) is 2. The van der Waals surface area contributed by atoms with Gasteiger partial charge in [0.1, 0.15) is 0 Å². The minimum absolute atomic E-state index is 0.00637. The molecule has 3 aromatic rings. The van der Waals surface area contributed by atoms with Gasteiger partial charge in [0.15, 0.2) is 11.5 Å². The van der Waals surface area contributed by atoms with E-state index in [0.717, 1.165) is 16.8 Å². The normalized spacial score (nSPS) is 13.8. The average molecular weight is 370 g/mol. The van der Waals surface area contributed by atoms with Gasteiger partial charge in [0.25, 0.3) is 5.91 Å². The molecule has 0 radical (unpaired) electrons. The van der Waals surface area contributed by atoms with E-state index in [2.05, 4.69) is 5.10 Å². The number of carbonyl (C=O) groups is 1. The fourth-order valence-corrected chi connectivity index (χ4v) is 3.52. The van der Waals surface area contributed by atoms with Gasteiger partial charge in [0.05, 0.1) is 17.3 Å². The van der Waals surface area contributed by atoms with Gasteiger partial charge in [-0.05, 0) is 31.0 Å². The van der Waals surface area contributed by atoms with E-state index in [4.69, 9.17) is 11.6 Å². The van der Waals surface area contributed by atoms with Gasteiger partial charge in [0.2, 0.25) is 0 Å². The number of halogens is 2. The fourth-order valence-electron chi connectivity index (χ4n) is 3.35. The molecule has 4 rings (SSSR count). The van der Waals surface area contributed by atoms with Crippen molar-refractivity contribution in [3.8, 4) is 0 Å². The second kappa shape index (κ2) is 6.57. The van der Waals surface area contributed by atoms with E-state index in [0.29, 0.717) is 25.2 Å². The van der Waals surface area contributed by atoms with Gasteiger partial charge in [-0.15, -0.1) is 0 Å². The molecule has 132 valence electrons. The summed E-state index contributed by atoms with van der Waals surface area (Å²) in [7, 11) is 0. The summed E-state index contributed by atoms with van der Waals surface area (Å²) in [6.07, 6.45) is 0.633. The van der Waals surface area contributed by atoms with Gasteiger partial charge in [-0.25, -0.2) is 4.39 Å². The van der Waals surface area contributed by atoms with Crippen molar-refractivity contribution in [2.75, 3.05) is 11.4 Å². The van der Waals surface area contributed by atoms with Crippen molar-refractivity contribution in [1.82, 2.24) is 9.78 Å². The minimum atomic E-state index is -0.577. The van der Waals surface area contributed by atoms with Crippen LogP contribution in [0.15, 0.2) is 48.5 Å². The molecule has 0 bridgehead atoms. The third-order valence-corrected chi connectivity index (χ3v) is 5.05. The third kappa shape index (κ3) is 2.78.